The highest BCUT2D eigenvalue weighted by Crippen LogP contribution is 2.15. The van der Waals surface area contributed by atoms with Gasteiger partial charge in [0.2, 0.25) is 5.88 Å². The summed E-state index contributed by atoms with van der Waals surface area (Å²) in [6.45, 7) is 9.14. The number of pyridine rings is 1. The fourth-order valence-electron chi connectivity index (χ4n) is 2.43. The zero-order valence-corrected chi connectivity index (χ0v) is 16.1. The number of guanidine groups is 1. The molecule has 0 spiro atoms. The first-order valence-electron chi connectivity index (χ1n) is 8.84. The zero-order valence-electron chi connectivity index (χ0n) is 15.3. The minimum absolute atomic E-state index is 0.539. The van der Waals surface area contributed by atoms with Crippen LogP contribution in [0.1, 0.15) is 31.2 Å². The van der Waals surface area contributed by atoms with Crippen LogP contribution in [0.4, 0.5) is 0 Å². The topological polar surface area (TPSA) is 58.5 Å². The molecule has 0 aromatic carbocycles. The van der Waals surface area contributed by atoms with Gasteiger partial charge in [0.1, 0.15) is 0 Å². The van der Waals surface area contributed by atoms with Crippen molar-refractivity contribution in [3.63, 3.8) is 0 Å². The molecule has 0 bridgehead atoms. The van der Waals surface area contributed by atoms with Crippen LogP contribution in [0, 0.1) is 5.92 Å². The quantitative estimate of drug-likeness (QED) is 0.531. The third-order valence-corrected chi connectivity index (χ3v) is 4.53. The van der Waals surface area contributed by atoms with E-state index in [-0.39, 0.29) is 0 Å². The molecule has 2 aromatic heterocycles. The monoisotopic (exact) mass is 360 g/mol. The highest BCUT2D eigenvalue weighted by atomic mass is 32.1. The molecule has 2 aromatic rings. The molecule has 136 valence electrons. The molecule has 0 aliphatic carbocycles. The molecule has 1 unspecified atom stereocenters. The van der Waals surface area contributed by atoms with E-state index in [1.807, 2.05) is 30.4 Å². The van der Waals surface area contributed by atoms with E-state index in [0.717, 1.165) is 31.0 Å². The van der Waals surface area contributed by atoms with E-state index in [0.29, 0.717) is 24.9 Å². The van der Waals surface area contributed by atoms with Crippen LogP contribution < -0.4 is 15.4 Å². The number of nitrogens with one attached hydrogen (secondary N) is 2. The summed E-state index contributed by atoms with van der Waals surface area (Å²) in [5, 5.41) is 8.87. The number of nitrogens with zero attached hydrogens (tertiary/aromatic N) is 2. The highest BCUT2D eigenvalue weighted by Gasteiger charge is 2.07. The predicted octanol–water partition coefficient (Wildman–Crippen LogP) is 3.48. The van der Waals surface area contributed by atoms with Crippen molar-refractivity contribution < 1.29 is 4.74 Å². The molecule has 0 radical (unpaired) electrons. The van der Waals surface area contributed by atoms with Gasteiger partial charge in [-0.15, -0.1) is 11.3 Å². The van der Waals surface area contributed by atoms with E-state index in [1.165, 1.54) is 4.88 Å². The van der Waals surface area contributed by atoms with Crippen molar-refractivity contribution in [1.82, 2.24) is 15.6 Å². The van der Waals surface area contributed by atoms with Gasteiger partial charge in [-0.05, 0) is 43.7 Å². The lowest BCUT2D eigenvalue weighted by molar-refractivity contribution is 0.323. The standard InChI is InChI=1S/C19H28N4OS/c1-4-20-19(22-13-15(3)12-17-9-7-11-25-17)23-14-16-8-6-10-21-18(16)24-5-2/h6-11,15H,4-5,12-14H2,1-3H3,(H2,20,22,23). The van der Waals surface area contributed by atoms with Gasteiger partial charge < -0.3 is 15.4 Å². The van der Waals surface area contributed by atoms with Crippen LogP contribution in [0.25, 0.3) is 0 Å². The lowest BCUT2D eigenvalue weighted by atomic mass is 10.1. The van der Waals surface area contributed by atoms with Crippen molar-refractivity contribution in [2.75, 3.05) is 19.7 Å². The van der Waals surface area contributed by atoms with Crippen LogP contribution in [0.5, 0.6) is 5.88 Å². The molecule has 1 atom stereocenters. The molecule has 0 aliphatic rings. The number of hydrogen-bond donors (Lipinski definition) is 2. The first kappa shape index (κ1) is 19.2. The van der Waals surface area contributed by atoms with Crippen molar-refractivity contribution >= 4 is 17.3 Å². The van der Waals surface area contributed by atoms with Gasteiger partial charge in [0.05, 0.1) is 13.2 Å². The predicted molar refractivity (Wildman–Crippen MR) is 105 cm³/mol. The summed E-state index contributed by atoms with van der Waals surface area (Å²) in [5.41, 5.74) is 0.994. The number of thiophene rings is 1. The lowest BCUT2D eigenvalue weighted by Crippen LogP contribution is -2.39. The van der Waals surface area contributed by atoms with Gasteiger partial charge in [-0.25, -0.2) is 9.98 Å². The Hall–Kier alpha value is -2.08. The Morgan fingerprint density at radius 2 is 2.16 bits per heavy atom. The molecule has 0 aliphatic heterocycles. The summed E-state index contributed by atoms with van der Waals surface area (Å²) in [4.78, 5) is 10.4. The van der Waals surface area contributed by atoms with Gasteiger partial charge in [-0.2, -0.15) is 0 Å². The Balaban J connectivity index is 1.91. The smallest absolute Gasteiger partial charge is 0.218 e. The Morgan fingerprint density at radius 1 is 1.28 bits per heavy atom. The molecule has 0 amide bonds. The fourth-order valence-corrected chi connectivity index (χ4v) is 3.30. The van der Waals surface area contributed by atoms with Crippen LogP contribution in [0.15, 0.2) is 40.8 Å². The maximum atomic E-state index is 5.57. The molecule has 2 heterocycles. The molecule has 2 N–H and O–H groups in total. The van der Waals surface area contributed by atoms with E-state index in [4.69, 9.17) is 4.74 Å². The van der Waals surface area contributed by atoms with Gasteiger partial charge in [0, 0.05) is 29.7 Å². The first-order chi connectivity index (χ1) is 12.2. The molecule has 0 saturated carbocycles. The second kappa shape index (κ2) is 10.7. The third kappa shape index (κ3) is 6.74. The van der Waals surface area contributed by atoms with Crippen molar-refractivity contribution in [2.45, 2.75) is 33.7 Å². The van der Waals surface area contributed by atoms with Gasteiger partial charge in [-0.1, -0.05) is 19.1 Å². The molecule has 6 heteroatoms. The summed E-state index contributed by atoms with van der Waals surface area (Å²) >= 11 is 1.82. The molecular weight excluding hydrogens is 332 g/mol. The SMILES string of the molecule is CCNC(=NCc1cccnc1OCC)NCC(C)Cc1cccs1. The molecule has 2 rings (SSSR count). The summed E-state index contributed by atoms with van der Waals surface area (Å²) in [6.07, 6.45) is 2.83. The molecule has 5 nitrogen and oxygen atoms in total. The molecule has 0 fully saturated rings. The number of rotatable bonds is 9. The Morgan fingerprint density at radius 3 is 2.88 bits per heavy atom. The van der Waals surface area contributed by atoms with Gasteiger partial charge in [-0.3, -0.25) is 0 Å². The average molecular weight is 361 g/mol. The van der Waals surface area contributed by atoms with E-state index in [1.54, 1.807) is 6.20 Å². The molecule has 25 heavy (non-hydrogen) atoms. The van der Waals surface area contributed by atoms with Gasteiger partial charge in [0.15, 0.2) is 5.96 Å². The Labute approximate surface area is 154 Å². The van der Waals surface area contributed by atoms with Crippen molar-refractivity contribution in [3.8, 4) is 5.88 Å². The first-order valence-corrected chi connectivity index (χ1v) is 9.72. The summed E-state index contributed by atoms with van der Waals surface area (Å²) in [5.74, 6) is 2.03. The zero-order chi connectivity index (χ0) is 17.9. The van der Waals surface area contributed by atoms with Crippen molar-refractivity contribution in [1.29, 1.82) is 0 Å². The van der Waals surface area contributed by atoms with E-state index in [9.17, 15) is 0 Å². The van der Waals surface area contributed by atoms with Crippen LogP contribution in [0.2, 0.25) is 0 Å². The average Bonchev–Trinajstić information content (AvgIpc) is 3.11. The number of ether oxygens (including phenoxy) is 1. The molecular formula is C19H28N4OS. The van der Waals surface area contributed by atoms with E-state index < -0.39 is 0 Å². The van der Waals surface area contributed by atoms with Crippen molar-refractivity contribution in [3.05, 3.63) is 46.3 Å². The van der Waals surface area contributed by atoms with Crippen LogP contribution >= 0.6 is 11.3 Å². The minimum atomic E-state index is 0.539. The van der Waals surface area contributed by atoms with Gasteiger partial charge >= 0.3 is 0 Å². The lowest BCUT2D eigenvalue weighted by Gasteiger charge is -2.15. The minimum Gasteiger partial charge on any atom is -0.478 e. The van der Waals surface area contributed by atoms with E-state index >= 15 is 0 Å². The molecule has 0 saturated heterocycles. The summed E-state index contributed by atoms with van der Waals surface area (Å²) in [7, 11) is 0. The fraction of sp³-hybridized carbons (Fsp3) is 0.474. The van der Waals surface area contributed by atoms with Crippen LogP contribution in [0.3, 0.4) is 0 Å². The number of aromatic nitrogens is 1. The van der Waals surface area contributed by atoms with Crippen LogP contribution in [-0.4, -0.2) is 30.6 Å². The van der Waals surface area contributed by atoms with E-state index in [2.05, 4.69) is 52.0 Å². The number of aliphatic imine (C=N–C) groups is 1. The van der Waals surface area contributed by atoms with Crippen LogP contribution in [-0.2, 0) is 13.0 Å². The second-order valence-corrected chi connectivity index (χ2v) is 6.90. The second-order valence-electron chi connectivity index (χ2n) is 5.87. The maximum Gasteiger partial charge on any atom is 0.218 e. The van der Waals surface area contributed by atoms with Crippen molar-refractivity contribution in [2.24, 2.45) is 10.9 Å². The summed E-state index contributed by atoms with van der Waals surface area (Å²) in [6, 6.07) is 8.22. The highest BCUT2D eigenvalue weighted by molar-refractivity contribution is 7.09. The Kier molecular flexibility index (Phi) is 8.25. The number of hydrogen-bond acceptors (Lipinski definition) is 4. The summed E-state index contributed by atoms with van der Waals surface area (Å²) < 4.78 is 5.57. The third-order valence-electron chi connectivity index (χ3n) is 3.63. The normalized spacial score (nSPS) is 12.7. The van der Waals surface area contributed by atoms with Gasteiger partial charge in [0.25, 0.3) is 0 Å². The largest absolute Gasteiger partial charge is 0.478 e. The maximum absolute atomic E-state index is 5.57. The Bertz CT molecular complexity index is 643.